The third-order valence-electron chi connectivity index (χ3n) is 3.72. The number of ether oxygens (including phenoxy) is 2. The van der Waals surface area contributed by atoms with Crippen molar-refractivity contribution in [3.63, 3.8) is 0 Å². The molecule has 0 spiro atoms. The highest BCUT2D eigenvalue weighted by atomic mass is 16.5. The third-order valence-corrected chi connectivity index (χ3v) is 3.72. The first-order chi connectivity index (χ1) is 11.0. The molecule has 1 amide bonds. The van der Waals surface area contributed by atoms with Crippen LogP contribution in [0.25, 0.3) is 0 Å². The monoisotopic (exact) mass is 315 g/mol. The molecular weight excluding hydrogens is 298 g/mol. The molecular formula is C17H17NO5. The SMILES string of the molecule is COc1ccc2c(c1)OC[C@H](C(=O)Nc1cc(O)cc(O)c1)C2. The minimum atomic E-state index is -0.347. The van der Waals surface area contributed by atoms with Crippen LogP contribution in [0.2, 0.25) is 0 Å². The van der Waals surface area contributed by atoms with Gasteiger partial charge in [0.1, 0.15) is 29.6 Å². The number of rotatable bonds is 3. The van der Waals surface area contributed by atoms with Gasteiger partial charge in [0.2, 0.25) is 5.91 Å². The Balaban J connectivity index is 1.71. The number of methoxy groups -OCH3 is 1. The fourth-order valence-electron chi connectivity index (χ4n) is 2.56. The van der Waals surface area contributed by atoms with E-state index >= 15 is 0 Å². The van der Waals surface area contributed by atoms with Gasteiger partial charge in [-0.25, -0.2) is 0 Å². The van der Waals surface area contributed by atoms with Gasteiger partial charge in [0.25, 0.3) is 0 Å². The average molecular weight is 315 g/mol. The number of carbonyl (C=O) groups is 1. The van der Waals surface area contributed by atoms with Crippen molar-refractivity contribution in [2.75, 3.05) is 19.0 Å². The maximum Gasteiger partial charge on any atom is 0.231 e. The van der Waals surface area contributed by atoms with Gasteiger partial charge in [-0.3, -0.25) is 4.79 Å². The van der Waals surface area contributed by atoms with Crippen LogP contribution >= 0.6 is 0 Å². The molecule has 120 valence electrons. The quantitative estimate of drug-likeness (QED) is 0.809. The van der Waals surface area contributed by atoms with Crippen molar-refractivity contribution in [2.45, 2.75) is 6.42 Å². The van der Waals surface area contributed by atoms with E-state index in [4.69, 9.17) is 9.47 Å². The van der Waals surface area contributed by atoms with E-state index in [-0.39, 0.29) is 29.9 Å². The first kappa shape index (κ1) is 15.0. The lowest BCUT2D eigenvalue weighted by Gasteiger charge is -2.25. The molecule has 23 heavy (non-hydrogen) atoms. The number of fused-ring (bicyclic) bond motifs is 1. The zero-order valence-corrected chi connectivity index (χ0v) is 12.6. The summed E-state index contributed by atoms with van der Waals surface area (Å²) in [6.45, 7) is 0.261. The Kier molecular flexibility index (Phi) is 3.97. The Labute approximate surface area is 133 Å². The van der Waals surface area contributed by atoms with Gasteiger partial charge < -0.3 is 25.0 Å². The number of aromatic hydroxyl groups is 2. The molecule has 1 aliphatic heterocycles. The zero-order chi connectivity index (χ0) is 16.4. The van der Waals surface area contributed by atoms with Gasteiger partial charge in [-0.15, -0.1) is 0 Å². The van der Waals surface area contributed by atoms with E-state index in [1.54, 1.807) is 13.2 Å². The predicted octanol–water partition coefficient (Wildman–Crippen LogP) is 2.30. The molecule has 2 aromatic carbocycles. The molecule has 1 atom stereocenters. The second-order valence-electron chi connectivity index (χ2n) is 5.41. The van der Waals surface area contributed by atoms with Crippen molar-refractivity contribution in [1.82, 2.24) is 0 Å². The standard InChI is InChI=1S/C17H17NO5/c1-22-15-3-2-10-4-11(9-23-16(10)8-15)17(21)18-12-5-13(19)7-14(20)6-12/h2-3,5-8,11,19-20H,4,9H2,1H3,(H,18,21)/t11-/m1/s1. The van der Waals surface area contributed by atoms with E-state index < -0.39 is 0 Å². The van der Waals surface area contributed by atoms with Gasteiger partial charge in [-0.1, -0.05) is 6.07 Å². The van der Waals surface area contributed by atoms with E-state index in [0.29, 0.717) is 17.9 Å². The fraction of sp³-hybridized carbons (Fsp3) is 0.235. The summed E-state index contributed by atoms with van der Waals surface area (Å²) >= 11 is 0. The number of amides is 1. The maximum absolute atomic E-state index is 12.3. The van der Waals surface area contributed by atoms with Gasteiger partial charge >= 0.3 is 0 Å². The number of benzene rings is 2. The van der Waals surface area contributed by atoms with Gasteiger partial charge in [0.15, 0.2) is 0 Å². The number of hydrogen-bond acceptors (Lipinski definition) is 5. The smallest absolute Gasteiger partial charge is 0.231 e. The lowest BCUT2D eigenvalue weighted by atomic mass is 9.96. The molecule has 0 saturated carbocycles. The average Bonchev–Trinajstić information content (AvgIpc) is 2.52. The van der Waals surface area contributed by atoms with E-state index in [1.807, 2.05) is 12.1 Å². The zero-order valence-electron chi connectivity index (χ0n) is 12.6. The van der Waals surface area contributed by atoms with Crippen molar-refractivity contribution >= 4 is 11.6 Å². The van der Waals surface area contributed by atoms with E-state index in [2.05, 4.69) is 5.32 Å². The summed E-state index contributed by atoms with van der Waals surface area (Å²) in [5.74, 6) is 0.636. The second-order valence-corrected chi connectivity index (χ2v) is 5.41. The van der Waals surface area contributed by atoms with E-state index in [9.17, 15) is 15.0 Å². The van der Waals surface area contributed by atoms with Crippen LogP contribution in [0, 0.1) is 5.92 Å². The lowest BCUT2D eigenvalue weighted by Crippen LogP contribution is -2.32. The van der Waals surface area contributed by atoms with Crippen molar-refractivity contribution in [3.05, 3.63) is 42.0 Å². The number of phenols is 2. The van der Waals surface area contributed by atoms with Gasteiger partial charge in [-0.05, 0) is 18.1 Å². The van der Waals surface area contributed by atoms with Crippen LogP contribution < -0.4 is 14.8 Å². The summed E-state index contributed by atoms with van der Waals surface area (Å²) in [7, 11) is 1.59. The molecule has 0 fully saturated rings. The van der Waals surface area contributed by atoms with Crippen molar-refractivity contribution in [3.8, 4) is 23.0 Å². The largest absolute Gasteiger partial charge is 0.508 e. The number of anilines is 1. The van der Waals surface area contributed by atoms with E-state index in [0.717, 1.165) is 11.3 Å². The molecule has 3 N–H and O–H groups in total. The highest BCUT2D eigenvalue weighted by Crippen LogP contribution is 2.32. The Hall–Kier alpha value is -2.89. The summed E-state index contributed by atoms with van der Waals surface area (Å²) in [6.07, 6.45) is 0.552. The molecule has 1 aliphatic rings. The summed E-state index contributed by atoms with van der Waals surface area (Å²) < 4.78 is 10.8. The van der Waals surface area contributed by atoms with Crippen LogP contribution in [0.15, 0.2) is 36.4 Å². The molecule has 2 aromatic rings. The van der Waals surface area contributed by atoms with Crippen LogP contribution in [0.4, 0.5) is 5.69 Å². The Morgan fingerprint density at radius 1 is 1.22 bits per heavy atom. The number of hydrogen-bond donors (Lipinski definition) is 3. The summed E-state index contributed by atoms with van der Waals surface area (Å²) in [6, 6.07) is 9.46. The Bertz CT molecular complexity index is 724. The Morgan fingerprint density at radius 3 is 2.65 bits per heavy atom. The van der Waals surface area contributed by atoms with Crippen molar-refractivity contribution < 1.29 is 24.5 Å². The van der Waals surface area contributed by atoms with Crippen LogP contribution in [0.1, 0.15) is 5.56 Å². The van der Waals surface area contributed by atoms with E-state index in [1.165, 1.54) is 18.2 Å². The fourth-order valence-corrected chi connectivity index (χ4v) is 2.56. The topological polar surface area (TPSA) is 88.0 Å². The molecule has 0 aromatic heterocycles. The number of carbonyl (C=O) groups excluding carboxylic acids is 1. The highest BCUT2D eigenvalue weighted by molar-refractivity contribution is 5.93. The maximum atomic E-state index is 12.3. The predicted molar refractivity (Wildman–Crippen MR) is 84.1 cm³/mol. The first-order valence-corrected chi connectivity index (χ1v) is 7.19. The normalized spacial score (nSPS) is 16.1. The lowest BCUT2D eigenvalue weighted by molar-refractivity contribution is -0.121. The van der Waals surface area contributed by atoms with Crippen molar-refractivity contribution in [1.29, 1.82) is 0 Å². The summed E-state index contributed by atoms with van der Waals surface area (Å²) in [4.78, 5) is 12.3. The highest BCUT2D eigenvalue weighted by Gasteiger charge is 2.26. The third kappa shape index (κ3) is 3.31. The van der Waals surface area contributed by atoms with Crippen LogP contribution in [0.3, 0.4) is 0 Å². The molecule has 0 saturated heterocycles. The van der Waals surface area contributed by atoms with Crippen LogP contribution in [-0.4, -0.2) is 29.8 Å². The van der Waals surface area contributed by atoms with Gasteiger partial charge in [0.05, 0.1) is 13.0 Å². The summed E-state index contributed by atoms with van der Waals surface area (Å²) in [5, 5.41) is 21.6. The first-order valence-electron chi connectivity index (χ1n) is 7.19. The minimum absolute atomic E-state index is 0.113. The molecule has 6 nitrogen and oxygen atoms in total. The number of nitrogens with one attached hydrogen (secondary N) is 1. The van der Waals surface area contributed by atoms with Crippen LogP contribution in [0.5, 0.6) is 23.0 Å². The van der Waals surface area contributed by atoms with Crippen molar-refractivity contribution in [2.24, 2.45) is 5.92 Å². The van der Waals surface area contributed by atoms with Crippen LogP contribution in [-0.2, 0) is 11.2 Å². The molecule has 0 bridgehead atoms. The minimum Gasteiger partial charge on any atom is -0.508 e. The molecule has 3 rings (SSSR count). The van der Waals surface area contributed by atoms with Gasteiger partial charge in [-0.2, -0.15) is 0 Å². The van der Waals surface area contributed by atoms with Gasteiger partial charge in [0, 0.05) is 30.0 Å². The number of phenolic OH excluding ortho intramolecular Hbond substituents is 2. The Morgan fingerprint density at radius 2 is 1.96 bits per heavy atom. The summed E-state index contributed by atoms with van der Waals surface area (Å²) in [5.41, 5.74) is 1.28. The molecule has 6 heteroatoms. The molecule has 0 aliphatic carbocycles. The molecule has 0 radical (unpaired) electrons. The second kappa shape index (κ2) is 6.08. The molecule has 1 heterocycles. The molecule has 0 unspecified atom stereocenters.